The summed E-state index contributed by atoms with van der Waals surface area (Å²) in [6.45, 7) is 0. The van der Waals surface area contributed by atoms with Crippen molar-refractivity contribution in [2.45, 2.75) is 0 Å². The lowest BCUT2D eigenvalue weighted by molar-refractivity contribution is 0.631. The molecule has 3 aromatic heterocycles. The molecule has 58 heavy (non-hydrogen) atoms. The molecule has 0 fully saturated rings. The topological polar surface area (TPSA) is 42.7 Å². The second kappa shape index (κ2) is 14.0. The van der Waals surface area contributed by atoms with Crippen molar-refractivity contribution < 1.29 is 13.3 Å². The van der Waals surface area contributed by atoms with E-state index in [1.165, 1.54) is 5.56 Å². The van der Waals surface area contributed by atoms with Crippen molar-refractivity contribution in [1.82, 2.24) is 0 Å². The number of hydrogen-bond acceptors (Lipinski definition) is 4. The van der Waals surface area contributed by atoms with E-state index in [-0.39, 0.29) is 0 Å². The normalized spacial score (nSPS) is 11.4. The third kappa shape index (κ3) is 6.23. The molecule has 4 nitrogen and oxygen atoms in total. The van der Waals surface area contributed by atoms with Gasteiger partial charge in [0.25, 0.3) is 0 Å². The largest absolute Gasteiger partial charge is 0.456 e. The number of rotatable bonds is 8. The average Bonchev–Trinajstić information content (AvgIpc) is 4.05. The molecular weight excluding hydrogens is 711 g/mol. The highest BCUT2D eigenvalue weighted by Gasteiger charge is 2.16. The zero-order chi connectivity index (χ0) is 38.4. The molecule has 0 radical (unpaired) electrons. The lowest BCUT2D eigenvalue weighted by Gasteiger charge is -2.26. The molecule has 3 heterocycles. The quantitative estimate of drug-likeness (QED) is 0.155. The lowest BCUT2D eigenvalue weighted by Crippen LogP contribution is -2.09. The van der Waals surface area contributed by atoms with Gasteiger partial charge in [-0.25, -0.2) is 0 Å². The first kappa shape index (κ1) is 33.5. The van der Waals surface area contributed by atoms with Crippen molar-refractivity contribution in [2.75, 3.05) is 4.90 Å². The molecule has 8 aromatic carbocycles. The number of para-hydroxylation sites is 3. The van der Waals surface area contributed by atoms with E-state index in [9.17, 15) is 0 Å². The van der Waals surface area contributed by atoms with Crippen molar-refractivity contribution in [3.63, 3.8) is 0 Å². The zero-order valence-electron chi connectivity index (χ0n) is 31.4. The van der Waals surface area contributed by atoms with Crippen LogP contribution in [0.25, 0.3) is 89.1 Å². The highest BCUT2D eigenvalue weighted by atomic mass is 16.3. The minimum atomic E-state index is 0.851. The van der Waals surface area contributed by atoms with Crippen LogP contribution in [0.3, 0.4) is 0 Å². The summed E-state index contributed by atoms with van der Waals surface area (Å²) in [6, 6.07) is 74.0. The third-order valence-electron chi connectivity index (χ3n) is 10.9. The van der Waals surface area contributed by atoms with E-state index in [2.05, 4.69) is 163 Å². The van der Waals surface area contributed by atoms with Crippen LogP contribution in [0.2, 0.25) is 0 Å². The fourth-order valence-corrected chi connectivity index (χ4v) is 7.85. The fourth-order valence-electron chi connectivity index (χ4n) is 7.85. The average molecular weight is 746 g/mol. The molecular formula is C54H35NO3. The monoisotopic (exact) mass is 745 g/mol. The van der Waals surface area contributed by atoms with Gasteiger partial charge in [-0.05, 0) is 119 Å². The van der Waals surface area contributed by atoms with Gasteiger partial charge >= 0.3 is 0 Å². The second-order valence-electron chi connectivity index (χ2n) is 14.6. The van der Waals surface area contributed by atoms with Gasteiger partial charge in [-0.1, -0.05) is 115 Å². The predicted molar refractivity (Wildman–Crippen MR) is 238 cm³/mol. The first-order valence-corrected chi connectivity index (χ1v) is 19.5. The number of furan rings is 3. The molecule has 274 valence electrons. The third-order valence-corrected chi connectivity index (χ3v) is 10.9. The Bertz CT molecular complexity index is 2970. The van der Waals surface area contributed by atoms with Crippen LogP contribution in [0.5, 0.6) is 0 Å². The number of fused-ring (bicyclic) bond motifs is 3. The number of hydrogen-bond donors (Lipinski definition) is 0. The van der Waals surface area contributed by atoms with Crippen molar-refractivity contribution in [2.24, 2.45) is 0 Å². The summed E-state index contributed by atoms with van der Waals surface area (Å²) in [6.07, 6.45) is 0. The van der Waals surface area contributed by atoms with E-state index >= 15 is 0 Å². The Morgan fingerprint density at radius 1 is 0.241 bits per heavy atom. The van der Waals surface area contributed by atoms with E-state index in [4.69, 9.17) is 13.3 Å². The molecule has 0 aliphatic heterocycles. The van der Waals surface area contributed by atoms with Gasteiger partial charge in [0, 0.05) is 49.9 Å². The summed E-state index contributed by atoms with van der Waals surface area (Å²) in [7, 11) is 0. The molecule has 0 atom stereocenters. The maximum absolute atomic E-state index is 6.19. The molecule has 0 bridgehead atoms. The van der Waals surface area contributed by atoms with Gasteiger partial charge in [-0.3, -0.25) is 0 Å². The molecule has 11 aromatic rings. The smallest absolute Gasteiger partial charge is 0.135 e. The van der Waals surface area contributed by atoms with E-state index in [0.717, 1.165) is 101 Å². The van der Waals surface area contributed by atoms with Crippen LogP contribution in [0.15, 0.2) is 226 Å². The van der Waals surface area contributed by atoms with Crippen LogP contribution in [0, 0.1) is 0 Å². The van der Waals surface area contributed by atoms with Gasteiger partial charge in [-0.15, -0.1) is 0 Å². The highest BCUT2D eigenvalue weighted by molar-refractivity contribution is 5.87. The maximum Gasteiger partial charge on any atom is 0.135 e. The Balaban J connectivity index is 0.879. The summed E-state index contributed by atoms with van der Waals surface area (Å²) in [5.41, 5.74) is 13.6. The van der Waals surface area contributed by atoms with Crippen molar-refractivity contribution >= 4 is 50.0 Å². The first-order chi connectivity index (χ1) is 28.7. The highest BCUT2D eigenvalue weighted by Crippen LogP contribution is 2.39. The van der Waals surface area contributed by atoms with Crippen molar-refractivity contribution in [3.05, 3.63) is 212 Å². The van der Waals surface area contributed by atoms with Crippen LogP contribution in [-0.4, -0.2) is 0 Å². The summed E-state index contributed by atoms with van der Waals surface area (Å²) < 4.78 is 18.5. The number of nitrogens with zero attached hydrogens (tertiary/aromatic N) is 1. The van der Waals surface area contributed by atoms with Crippen LogP contribution in [0.4, 0.5) is 17.1 Å². The summed E-state index contributed by atoms with van der Waals surface area (Å²) >= 11 is 0. The van der Waals surface area contributed by atoms with Gasteiger partial charge in [0.15, 0.2) is 0 Å². The Labute approximate surface area is 335 Å². The first-order valence-electron chi connectivity index (χ1n) is 19.5. The summed E-state index contributed by atoms with van der Waals surface area (Å²) in [5.74, 6) is 2.58. The van der Waals surface area contributed by atoms with Gasteiger partial charge in [-0.2, -0.15) is 0 Å². The summed E-state index contributed by atoms with van der Waals surface area (Å²) in [5, 5.41) is 3.30. The molecule has 4 heteroatoms. The van der Waals surface area contributed by atoms with Crippen molar-refractivity contribution in [1.29, 1.82) is 0 Å². The Kier molecular flexibility index (Phi) is 8.11. The standard InChI is InChI=1S/C54H35NO3/c1-4-10-49-43(7-1)33-52(56-49)40-19-17-38(18-20-40)36-13-15-37(16-14-36)39-21-27-46(28-22-39)55(47-29-23-41(24-30-47)53-34-44-8-2-5-11-50(44)57-53)48-31-25-42(26-32-48)54-35-45-9-3-6-12-51(45)58-54/h1-35H. The molecule has 0 N–H and O–H groups in total. The molecule has 11 rings (SSSR count). The predicted octanol–water partition coefficient (Wildman–Crippen LogP) is 15.7. The van der Waals surface area contributed by atoms with Crippen LogP contribution < -0.4 is 4.90 Å². The molecule has 0 aliphatic rings. The van der Waals surface area contributed by atoms with E-state index in [1.807, 2.05) is 54.6 Å². The number of anilines is 3. The van der Waals surface area contributed by atoms with E-state index in [0.29, 0.717) is 0 Å². The fraction of sp³-hybridized carbons (Fsp3) is 0. The van der Waals surface area contributed by atoms with E-state index in [1.54, 1.807) is 0 Å². The van der Waals surface area contributed by atoms with Crippen LogP contribution in [-0.2, 0) is 0 Å². The maximum atomic E-state index is 6.19. The minimum Gasteiger partial charge on any atom is -0.456 e. The van der Waals surface area contributed by atoms with Gasteiger partial charge < -0.3 is 18.2 Å². The number of benzene rings is 8. The zero-order valence-corrected chi connectivity index (χ0v) is 31.4. The summed E-state index contributed by atoms with van der Waals surface area (Å²) in [4.78, 5) is 2.28. The SMILES string of the molecule is c1ccc2oc(-c3ccc(-c4ccc(-c5ccc(N(c6ccc(-c7cc8ccccc8o7)cc6)c6ccc(-c7cc8ccccc8o7)cc6)cc5)cc4)cc3)cc2c1. The van der Waals surface area contributed by atoms with Gasteiger partial charge in [0.1, 0.15) is 34.0 Å². The Hall–Kier alpha value is -7.82. The Morgan fingerprint density at radius 3 is 0.776 bits per heavy atom. The van der Waals surface area contributed by atoms with Crippen molar-refractivity contribution in [3.8, 4) is 56.2 Å². The Morgan fingerprint density at radius 2 is 0.483 bits per heavy atom. The minimum absolute atomic E-state index is 0.851. The molecule has 0 saturated carbocycles. The van der Waals surface area contributed by atoms with Crippen LogP contribution in [0.1, 0.15) is 0 Å². The molecule has 0 saturated heterocycles. The van der Waals surface area contributed by atoms with Gasteiger partial charge in [0.2, 0.25) is 0 Å². The van der Waals surface area contributed by atoms with Crippen LogP contribution >= 0.6 is 0 Å². The molecule has 0 amide bonds. The lowest BCUT2D eigenvalue weighted by atomic mass is 9.99. The van der Waals surface area contributed by atoms with Gasteiger partial charge in [0.05, 0.1) is 0 Å². The molecule has 0 unspecified atom stereocenters. The molecule has 0 spiro atoms. The van der Waals surface area contributed by atoms with E-state index < -0.39 is 0 Å². The second-order valence-corrected chi connectivity index (χ2v) is 14.6. The molecule has 0 aliphatic carbocycles.